The van der Waals surface area contributed by atoms with Gasteiger partial charge in [-0.25, -0.2) is 0 Å². The van der Waals surface area contributed by atoms with Crippen LogP contribution in [0.4, 0.5) is 0 Å². The summed E-state index contributed by atoms with van der Waals surface area (Å²) >= 11 is 1.47. The van der Waals surface area contributed by atoms with Crippen molar-refractivity contribution in [2.24, 2.45) is 0 Å². The predicted octanol–water partition coefficient (Wildman–Crippen LogP) is 1.90. The normalized spacial score (nSPS) is 10.2. The Morgan fingerprint density at radius 3 is 3.44 bits per heavy atom. The summed E-state index contributed by atoms with van der Waals surface area (Å²) < 4.78 is 5.14. The maximum atomic E-state index is 3.99. The number of hydrogen-bond donors (Lipinski definition) is 0. The van der Waals surface area contributed by atoms with E-state index in [9.17, 15) is 0 Å². The molecule has 2 heteroatoms. The van der Waals surface area contributed by atoms with Crippen LogP contribution in [0.25, 0.3) is 10.1 Å². The summed E-state index contributed by atoms with van der Waals surface area (Å²) in [7, 11) is 0. The summed E-state index contributed by atoms with van der Waals surface area (Å²) in [5.74, 6) is 0. The zero-order valence-electron chi connectivity index (χ0n) is 4.59. The lowest BCUT2D eigenvalue weighted by Gasteiger charge is -1.78. The second-order valence-corrected chi connectivity index (χ2v) is 2.54. The molecule has 42 valence electrons. The molecule has 1 nitrogen and oxygen atoms in total. The lowest BCUT2D eigenvalue weighted by atomic mass is 10.3. The van der Waals surface area contributed by atoms with Crippen LogP contribution in [-0.2, 0) is 0 Å². The van der Waals surface area contributed by atoms with Crippen molar-refractivity contribution in [3.05, 3.63) is 30.5 Å². The Labute approximate surface area is 57.1 Å². The third-order valence-corrected chi connectivity index (χ3v) is 1.87. The molecule has 0 N–H and O–H groups in total. The lowest BCUT2D eigenvalue weighted by Crippen LogP contribution is -1.58. The van der Waals surface area contributed by atoms with Crippen molar-refractivity contribution in [3.63, 3.8) is 0 Å². The van der Waals surface area contributed by atoms with Crippen LogP contribution in [0.5, 0.6) is 0 Å². The van der Waals surface area contributed by atoms with Crippen LogP contribution < -0.4 is 0 Å². The zero-order valence-corrected chi connectivity index (χ0v) is 5.40. The van der Waals surface area contributed by atoms with E-state index in [4.69, 9.17) is 0 Å². The van der Waals surface area contributed by atoms with Gasteiger partial charge in [0.1, 0.15) is 0 Å². The number of nitrogens with zero attached hydrogens (tertiary/aromatic N) is 1. The molecule has 0 aliphatic heterocycles. The summed E-state index contributed by atoms with van der Waals surface area (Å²) in [6, 6.07) is 9.65. The molecular weight excluding hydrogens is 130 g/mol. The molecule has 9 heavy (non-hydrogen) atoms. The molecule has 2 rings (SSSR count). The van der Waals surface area contributed by atoms with Gasteiger partial charge in [0.25, 0.3) is 0 Å². The topological polar surface area (TPSA) is 12.9 Å². The average molecular weight is 133 g/mol. The minimum absolute atomic E-state index is 1.08. The first kappa shape index (κ1) is 4.94. The van der Waals surface area contributed by atoms with E-state index in [-0.39, 0.29) is 0 Å². The molecule has 0 saturated carbocycles. The van der Waals surface area contributed by atoms with Gasteiger partial charge in [0.2, 0.25) is 0 Å². The van der Waals surface area contributed by atoms with E-state index in [0.717, 1.165) is 10.1 Å². The Hall–Kier alpha value is -0.890. The van der Waals surface area contributed by atoms with Gasteiger partial charge in [0, 0.05) is 11.6 Å². The molecule has 0 aliphatic rings. The lowest BCUT2D eigenvalue weighted by molar-refractivity contribution is 1.60. The van der Waals surface area contributed by atoms with Crippen molar-refractivity contribution in [2.45, 2.75) is 0 Å². The molecule has 0 saturated heterocycles. The molecule has 2 aromatic rings. The smallest absolute Gasteiger partial charge is 0.0562 e. The highest BCUT2D eigenvalue weighted by molar-refractivity contribution is 7.13. The molecule has 0 amide bonds. The van der Waals surface area contributed by atoms with E-state index in [1.807, 2.05) is 12.3 Å². The van der Waals surface area contributed by atoms with Gasteiger partial charge >= 0.3 is 0 Å². The fourth-order valence-electron chi connectivity index (χ4n) is 0.698. The number of fused-ring (bicyclic) bond motifs is 1. The van der Waals surface area contributed by atoms with Gasteiger partial charge in [-0.2, -0.15) is 4.37 Å². The summed E-state index contributed by atoms with van der Waals surface area (Å²) in [5, 5.41) is 1.08. The Morgan fingerprint density at radius 2 is 2.56 bits per heavy atom. The molecule has 1 aromatic carbocycles. The molecule has 0 bridgehead atoms. The maximum Gasteiger partial charge on any atom is 0.0562 e. The van der Waals surface area contributed by atoms with E-state index in [2.05, 4.69) is 16.5 Å². The molecule has 0 fully saturated rings. The fourth-order valence-corrected chi connectivity index (χ4v) is 1.30. The Kier molecular flexibility index (Phi) is 0.993. The van der Waals surface area contributed by atoms with Gasteiger partial charge in [-0.1, -0.05) is 0 Å². The van der Waals surface area contributed by atoms with Crippen molar-refractivity contribution in [3.8, 4) is 0 Å². The number of hydrogen-bond acceptors (Lipinski definition) is 2. The standard InChI is InChI=1S/C7H3NS/c1-2-4-7-6(3-1)5-8-9-7/h1,4-5H. The van der Waals surface area contributed by atoms with Crippen molar-refractivity contribution in [1.82, 2.24) is 4.37 Å². The SMILES string of the molecule is [c]1c[c]c2cnsc2c1. The van der Waals surface area contributed by atoms with E-state index in [1.54, 1.807) is 6.07 Å². The fraction of sp³-hybridized carbons (Fsp3) is 0. The van der Waals surface area contributed by atoms with Crippen LogP contribution in [0.3, 0.4) is 0 Å². The molecule has 2 radical (unpaired) electrons. The van der Waals surface area contributed by atoms with Crippen molar-refractivity contribution in [1.29, 1.82) is 0 Å². The third-order valence-electron chi connectivity index (χ3n) is 1.12. The molecule has 0 spiro atoms. The maximum absolute atomic E-state index is 3.99. The molecule has 0 unspecified atom stereocenters. The van der Waals surface area contributed by atoms with Crippen LogP contribution in [0, 0.1) is 12.1 Å². The number of rotatable bonds is 0. The van der Waals surface area contributed by atoms with Gasteiger partial charge in [0.05, 0.1) is 4.70 Å². The minimum atomic E-state index is 1.08. The minimum Gasteiger partial charge on any atom is -0.200 e. The molecular formula is C7H3NS. The molecule has 0 aliphatic carbocycles. The monoisotopic (exact) mass is 133 g/mol. The average Bonchev–Trinajstić information content (AvgIpc) is 2.33. The van der Waals surface area contributed by atoms with Crippen LogP contribution in [-0.4, -0.2) is 4.37 Å². The number of aromatic nitrogens is 1. The van der Waals surface area contributed by atoms with Crippen molar-refractivity contribution in [2.75, 3.05) is 0 Å². The Bertz CT molecular complexity index is 283. The van der Waals surface area contributed by atoms with Crippen LogP contribution in [0.15, 0.2) is 18.3 Å². The predicted molar refractivity (Wildman–Crippen MR) is 37.3 cm³/mol. The highest BCUT2D eigenvalue weighted by Gasteiger charge is 1.90. The first-order chi connectivity index (χ1) is 4.47. The van der Waals surface area contributed by atoms with E-state index in [0.29, 0.717) is 0 Å². The van der Waals surface area contributed by atoms with E-state index < -0.39 is 0 Å². The summed E-state index contributed by atoms with van der Waals surface area (Å²) in [4.78, 5) is 0. The van der Waals surface area contributed by atoms with Crippen molar-refractivity contribution < 1.29 is 0 Å². The quantitative estimate of drug-likeness (QED) is 0.534. The number of benzene rings is 1. The highest BCUT2D eigenvalue weighted by atomic mass is 32.1. The molecule has 0 atom stereocenters. The zero-order chi connectivity index (χ0) is 6.10. The van der Waals surface area contributed by atoms with Gasteiger partial charge in [-0.05, 0) is 35.8 Å². The van der Waals surface area contributed by atoms with Crippen LogP contribution >= 0.6 is 11.5 Å². The largest absolute Gasteiger partial charge is 0.200 e. The third kappa shape index (κ3) is 0.715. The van der Waals surface area contributed by atoms with Gasteiger partial charge in [0.15, 0.2) is 0 Å². The van der Waals surface area contributed by atoms with E-state index >= 15 is 0 Å². The Balaban J connectivity index is 2.95. The van der Waals surface area contributed by atoms with E-state index in [1.165, 1.54) is 11.5 Å². The first-order valence-corrected chi connectivity index (χ1v) is 3.36. The summed E-state index contributed by atoms with van der Waals surface area (Å²) in [6.45, 7) is 0. The summed E-state index contributed by atoms with van der Waals surface area (Å²) in [6.07, 6.45) is 1.81. The molecule has 1 aromatic heterocycles. The Morgan fingerprint density at radius 1 is 1.56 bits per heavy atom. The second kappa shape index (κ2) is 1.81. The van der Waals surface area contributed by atoms with Gasteiger partial charge in [-0.15, -0.1) is 0 Å². The van der Waals surface area contributed by atoms with Crippen LogP contribution in [0.2, 0.25) is 0 Å². The van der Waals surface area contributed by atoms with Gasteiger partial charge in [-0.3, -0.25) is 0 Å². The second-order valence-electron chi connectivity index (χ2n) is 1.70. The van der Waals surface area contributed by atoms with Crippen molar-refractivity contribution >= 4 is 21.6 Å². The summed E-state index contributed by atoms with van der Waals surface area (Å²) in [5.41, 5.74) is 0. The first-order valence-electron chi connectivity index (χ1n) is 2.59. The van der Waals surface area contributed by atoms with Gasteiger partial charge < -0.3 is 0 Å². The highest BCUT2D eigenvalue weighted by Crippen LogP contribution is 2.14. The molecule has 1 heterocycles. The van der Waals surface area contributed by atoms with Crippen LogP contribution in [0.1, 0.15) is 0 Å².